The van der Waals surface area contributed by atoms with Crippen LogP contribution in [0.4, 0.5) is 8.78 Å². The van der Waals surface area contributed by atoms with Gasteiger partial charge in [0.2, 0.25) is 0 Å². The summed E-state index contributed by atoms with van der Waals surface area (Å²) in [5, 5.41) is 4.31. The minimum atomic E-state index is -0.341. The Bertz CT molecular complexity index is 1270. The van der Waals surface area contributed by atoms with E-state index in [1.807, 2.05) is 49.6 Å². The van der Waals surface area contributed by atoms with Gasteiger partial charge >= 0.3 is 0 Å². The second-order valence-electron chi connectivity index (χ2n) is 7.76. The Labute approximate surface area is 186 Å². The molecule has 0 spiro atoms. The van der Waals surface area contributed by atoms with Crippen molar-refractivity contribution in [2.24, 2.45) is 5.16 Å². The van der Waals surface area contributed by atoms with Crippen LogP contribution in [0.3, 0.4) is 0 Å². The van der Waals surface area contributed by atoms with Crippen molar-refractivity contribution in [1.29, 1.82) is 0 Å². The van der Waals surface area contributed by atoms with E-state index in [0.717, 1.165) is 33.6 Å². The van der Waals surface area contributed by atoms with Crippen LogP contribution < -0.4 is 0 Å². The highest BCUT2D eigenvalue weighted by Gasteiger charge is 2.19. The number of rotatable bonds is 6. The van der Waals surface area contributed by atoms with Crippen LogP contribution in [0.25, 0.3) is 16.9 Å². The highest BCUT2D eigenvalue weighted by Crippen LogP contribution is 2.31. The molecule has 1 heterocycles. The largest absolute Gasteiger partial charge is 0.391 e. The van der Waals surface area contributed by atoms with Crippen molar-refractivity contribution >= 4 is 5.71 Å². The Hall–Kier alpha value is -3.73. The van der Waals surface area contributed by atoms with E-state index in [4.69, 9.17) is 4.84 Å². The highest BCUT2D eigenvalue weighted by atomic mass is 19.1. The lowest BCUT2D eigenvalue weighted by molar-refractivity contribution is 0.130. The van der Waals surface area contributed by atoms with Crippen LogP contribution in [0.1, 0.15) is 29.3 Å². The molecule has 0 aliphatic rings. The molecule has 0 fully saturated rings. The van der Waals surface area contributed by atoms with Crippen molar-refractivity contribution in [2.45, 2.75) is 27.4 Å². The molecule has 1 aromatic heterocycles. The van der Waals surface area contributed by atoms with Crippen LogP contribution in [-0.4, -0.2) is 10.3 Å². The van der Waals surface area contributed by atoms with E-state index in [0.29, 0.717) is 18.0 Å². The van der Waals surface area contributed by atoms with Crippen molar-refractivity contribution in [3.63, 3.8) is 0 Å². The van der Waals surface area contributed by atoms with E-state index >= 15 is 0 Å². The number of aromatic nitrogens is 1. The Morgan fingerprint density at radius 2 is 1.66 bits per heavy atom. The van der Waals surface area contributed by atoms with E-state index in [1.54, 1.807) is 30.3 Å². The molecule has 0 saturated heterocycles. The summed E-state index contributed by atoms with van der Waals surface area (Å²) < 4.78 is 30.0. The van der Waals surface area contributed by atoms with Crippen LogP contribution in [0.2, 0.25) is 0 Å². The second kappa shape index (κ2) is 9.18. The lowest BCUT2D eigenvalue weighted by Crippen LogP contribution is -2.04. The van der Waals surface area contributed by atoms with Crippen LogP contribution in [0.15, 0.2) is 84.0 Å². The summed E-state index contributed by atoms with van der Waals surface area (Å²) >= 11 is 0. The number of nitrogens with zero attached hydrogens (tertiary/aromatic N) is 2. The summed E-state index contributed by atoms with van der Waals surface area (Å²) in [7, 11) is 0. The molecule has 0 N–H and O–H groups in total. The first-order valence-electron chi connectivity index (χ1n) is 10.4. The lowest BCUT2D eigenvalue weighted by atomic mass is 10.1. The average Bonchev–Trinajstić information content (AvgIpc) is 3.11. The first-order valence-corrected chi connectivity index (χ1v) is 10.4. The molecule has 32 heavy (non-hydrogen) atoms. The number of benzene rings is 3. The van der Waals surface area contributed by atoms with Gasteiger partial charge in [0.05, 0.1) is 17.1 Å². The maximum absolute atomic E-state index is 14.7. The van der Waals surface area contributed by atoms with Gasteiger partial charge in [0.15, 0.2) is 0 Å². The van der Waals surface area contributed by atoms with E-state index < -0.39 is 0 Å². The van der Waals surface area contributed by atoms with Crippen molar-refractivity contribution < 1.29 is 13.6 Å². The molecule has 0 aliphatic carbocycles. The fraction of sp³-hybridized carbons (Fsp3) is 0.148. The van der Waals surface area contributed by atoms with Crippen molar-refractivity contribution in [2.75, 3.05) is 0 Å². The molecule has 3 nitrogen and oxygen atoms in total. The molecule has 0 saturated carbocycles. The smallest absolute Gasteiger partial charge is 0.147 e. The fourth-order valence-corrected chi connectivity index (χ4v) is 3.80. The maximum Gasteiger partial charge on any atom is 0.147 e. The molecule has 3 aromatic carbocycles. The molecule has 162 valence electrons. The topological polar surface area (TPSA) is 26.5 Å². The predicted molar refractivity (Wildman–Crippen MR) is 124 cm³/mol. The molecule has 0 amide bonds. The van der Waals surface area contributed by atoms with Crippen molar-refractivity contribution in [1.82, 2.24) is 4.57 Å². The van der Waals surface area contributed by atoms with Gasteiger partial charge in [0.1, 0.15) is 18.2 Å². The van der Waals surface area contributed by atoms with Gasteiger partial charge in [0, 0.05) is 11.3 Å². The zero-order chi connectivity index (χ0) is 22.7. The Kier molecular flexibility index (Phi) is 6.17. The number of aryl methyl sites for hydroxylation is 1. The lowest BCUT2D eigenvalue weighted by Gasteiger charge is -2.13. The normalized spacial score (nSPS) is 11.6. The SMILES string of the molecule is C/C(=N\OCc1cccc(C)c1)c1cc(-c2ccc(F)cc2)n(-c2ccccc2F)c1C. The quantitative estimate of drug-likeness (QED) is 0.239. The van der Waals surface area contributed by atoms with E-state index in [9.17, 15) is 8.78 Å². The van der Waals surface area contributed by atoms with Gasteiger partial charge in [-0.1, -0.05) is 47.1 Å². The summed E-state index contributed by atoms with van der Waals surface area (Å²) in [5.41, 5.74) is 6.46. The van der Waals surface area contributed by atoms with Gasteiger partial charge in [0.25, 0.3) is 0 Å². The monoisotopic (exact) mass is 430 g/mol. The molecule has 4 rings (SSSR count). The number of halogens is 2. The summed E-state index contributed by atoms with van der Waals surface area (Å²) in [5.74, 6) is -0.664. The molecule has 0 atom stereocenters. The van der Waals surface area contributed by atoms with Gasteiger partial charge in [-0.25, -0.2) is 8.78 Å². The molecule has 0 bridgehead atoms. The molecular weight excluding hydrogens is 406 g/mol. The molecule has 0 aliphatic heterocycles. The van der Waals surface area contributed by atoms with Gasteiger partial charge in [-0.3, -0.25) is 0 Å². The second-order valence-corrected chi connectivity index (χ2v) is 7.76. The number of oxime groups is 1. The molecule has 4 aromatic rings. The maximum atomic E-state index is 14.7. The number of hydrogen-bond donors (Lipinski definition) is 0. The Morgan fingerprint density at radius 3 is 2.38 bits per heavy atom. The highest BCUT2D eigenvalue weighted by molar-refractivity contribution is 6.01. The molecular formula is C27H24F2N2O. The van der Waals surface area contributed by atoms with Crippen LogP contribution in [0, 0.1) is 25.5 Å². The van der Waals surface area contributed by atoms with Gasteiger partial charge in [-0.05, 0) is 74.4 Å². The molecule has 0 unspecified atom stereocenters. The number of para-hydroxylation sites is 1. The average molecular weight is 430 g/mol. The third-order valence-electron chi connectivity index (χ3n) is 5.39. The third-order valence-corrected chi connectivity index (χ3v) is 5.39. The first kappa shape index (κ1) is 21.5. The Morgan fingerprint density at radius 1 is 0.906 bits per heavy atom. The van der Waals surface area contributed by atoms with Crippen molar-refractivity contribution in [3.05, 3.63) is 113 Å². The van der Waals surface area contributed by atoms with E-state index in [1.165, 1.54) is 18.2 Å². The van der Waals surface area contributed by atoms with Crippen LogP contribution in [-0.2, 0) is 11.4 Å². The summed E-state index contributed by atoms with van der Waals surface area (Å²) in [6.07, 6.45) is 0. The zero-order valence-corrected chi connectivity index (χ0v) is 18.3. The van der Waals surface area contributed by atoms with Gasteiger partial charge in [-0.15, -0.1) is 0 Å². The Balaban J connectivity index is 1.73. The van der Waals surface area contributed by atoms with Crippen LogP contribution >= 0.6 is 0 Å². The fourth-order valence-electron chi connectivity index (χ4n) is 3.80. The summed E-state index contributed by atoms with van der Waals surface area (Å²) in [4.78, 5) is 5.60. The first-order chi connectivity index (χ1) is 15.4. The van der Waals surface area contributed by atoms with E-state index in [-0.39, 0.29) is 11.6 Å². The van der Waals surface area contributed by atoms with Gasteiger partial charge in [-0.2, -0.15) is 0 Å². The molecule has 5 heteroatoms. The van der Waals surface area contributed by atoms with Gasteiger partial charge < -0.3 is 9.40 Å². The number of hydrogen-bond acceptors (Lipinski definition) is 2. The minimum Gasteiger partial charge on any atom is -0.391 e. The third kappa shape index (κ3) is 4.47. The van der Waals surface area contributed by atoms with E-state index in [2.05, 4.69) is 11.2 Å². The van der Waals surface area contributed by atoms with Crippen molar-refractivity contribution in [3.8, 4) is 16.9 Å². The standard InChI is InChI=1S/C27H24F2N2O/c1-18-7-6-8-21(15-18)17-32-30-19(2)24-16-27(22-11-13-23(28)14-12-22)31(20(24)3)26-10-5-4-9-25(26)29/h4-16H,17H2,1-3H3/b30-19+. The summed E-state index contributed by atoms with van der Waals surface area (Å²) in [6, 6.07) is 22.8. The molecule has 0 radical (unpaired) electrons. The zero-order valence-electron chi connectivity index (χ0n) is 18.3. The summed E-state index contributed by atoms with van der Waals surface area (Å²) in [6.45, 7) is 6.16. The minimum absolute atomic E-state index is 0.322. The van der Waals surface area contributed by atoms with Crippen LogP contribution in [0.5, 0.6) is 0 Å². The predicted octanol–water partition coefficient (Wildman–Crippen LogP) is 6.98.